The van der Waals surface area contributed by atoms with Gasteiger partial charge in [-0.3, -0.25) is 4.79 Å². The van der Waals surface area contributed by atoms with E-state index >= 15 is 0 Å². The number of carbonyl (C=O) groups excluding carboxylic acids is 1. The first-order chi connectivity index (χ1) is 8.79. The van der Waals surface area contributed by atoms with Gasteiger partial charge in [0.05, 0.1) is 19.3 Å². The summed E-state index contributed by atoms with van der Waals surface area (Å²) in [5.74, 6) is 0.205. The van der Waals surface area contributed by atoms with E-state index in [4.69, 9.17) is 9.47 Å². The minimum absolute atomic E-state index is 0.171. The fourth-order valence-corrected chi connectivity index (χ4v) is 2.53. The van der Waals surface area contributed by atoms with Crippen molar-refractivity contribution in [2.45, 2.75) is 38.3 Å². The molecule has 104 valence electrons. The van der Waals surface area contributed by atoms with Gasteiger partial charge in [-0.15, -0.1) is 0 Å². The van der Waals surface area contributed by atoms with Crippen molar-refractivity contribution in [2.24, 2.45) is 0 Å². The Kier molecular flexibility index (Phi) is 5.41. The third-order valence-electron chi connectivity index (χ3n) is 3.60. The molecule has 2 rings (SSSR count). The number of ether oxygens (including phenoxy) is 2. The second-order valence-corrected chi connectivity index (χ2v) is 5.00. The highest BCUT2D eigenvalue weighted by molar-refractivity contribution is 5.76. The second-order valence-electron chi connectivity index (χ2n) is 5.00. The van der Waals surface area contributed by atoms with Crippen molar-refractivity contribution >= 4 is 5.91 Å². The lowest BCUT2D eigenvalue weighted by molar-refractivity contribution is -0.133. The molecule has 18 heavy (non-hydrogen) atoms. The van der Waals surface area contributed by atoms with Crippen LogP contribution < -0.4 is 5.32 Å². The van der Waals surface area contributed by atoms with Crippen LogP contribution in [0.4, 0.5) is 0 Å². The van der Waals surface area contributed by atoms with Gasteiger partial charge in [-0.2, -0.15) is 0 Å². The minimum atomic E-state index is 0.171. The van der Waals surface area contributed by atoms with Gasteiger partial charge in [0.1, 0.15) is 0 Å². The molecule has 2 heterocycles. The maximum Gasteiger partial charge on any atom is 0.224 e. The van der Waals surface area contributed by atoms with Crippen LogP contribution in [0.15, 0.2) is 0 Å². The number of hydrogen-bond acceptors (Lipinski definition) is 4. The lowest BCUT2D eigenvalue weighted by atomic mass is 10.1. The molecule has 0 saturated carbocycles. The number of amides is 1. The standard InChI is InChI=1S/C13H24N2O3/c1-2-15(9-12-4-3-6-18-12)13(16)8-11-10-17-7-5-14-11/h11-12,14H,2-10H2,1H3. The molecule has 0 spiro atoms. The number of nitrogens with one attached hydrogen (secondary N) is 1. The van der Waals surface area contributed by atoms with Gasteiger partial charge in [0.25, 0.3) is 0 Å². The van der Waals surface area contributed by atoms with Crippen LogP contribution in [-0.2, 0) is 14.3 Å². The maximum atomic E-state index is 12.2. The van der Waals surface area contributed by atoms with E-state index in [-0.39, 0.29) is 18.1 Å². The molecule has 2 unspecified atom stereocenters. The van der Waals surface area contributed by atoms with E-state index in [0.29, 0.717) is 13.0 Å². The molecule has 2 aliphatic heterocycles. The lowest BCUT2D eigenvalue weighted by Gasteiger charge is -2.28. The Labute approximate surface area is 109 Å². The lowest BCUT2D eigenvalue weighted by Crippen LogP contribution is -2.46. The maximum absolute atomic E-state index is 12.2. The SMILES string of the molecule is CCN(CC1CCCO1)C(=O)CC1COCCN1. The van der Waals surface area contributed by atoms with E-state index < -0.39 is 0 Å². The number of rotatable bonds is 5. The number of likely N-dealkylation sites (N-methyl/N-ethyl adjacent to an activating group) is 1. The highest BCUT2D eigenvalue weighted by atomic mass is 16.5. The molecule has 2 aliphatic rings. The van der Waals surface area contributed by atoms with E-state index in [1.54, 1.807) is 0 Å². The summed E-state index contributed by atoms with van der Waals surface area (Å²) in [7, 11) is 0. The van der Waals surface area contributed by atoms with Crippen molar-refractivity contribution in [2.75, 3.05) is 39.5 Å². The summed E-state index contributed by atoms with van der Waals surface area (Å²) < 4.78 is 11.0. The molecule has 0 aromatic heterocycles. The summed E-state index contributed by atoms with van der Waals surface area (Å²) in [5, 5.41) is 3.32. The van der Waals surface area contributed by atoms with Crippen LogP contribution in [-0.4, -0.2) is 62.4 Å². The van der Waals surface area contributed by atoms with Gasteiger partial charge in [-0.25, -0.2) is 0 Å². The van der Waals surface area contributed by atoms with Crippen LogP contribution >= 0.6 is 0 Å². The van der Waals surface area contributed by atoms with Gasteiger partial charge in [0.2, 0.25) is 5.91 Å². The first kappa shape index (κ1) is 13.8. The molecular formula is C13H24N2O3. The topological polar surface area (TPSA) is 50.8 Å². The third kappa shape index (κ3) is 3.93. The molecule has 1 N–H and O–H groups in total. The molecule has 0 aromatic rings. The van der Waals surface area contributed by atoms with Crippen LogP contribution in [0.2, 0.25) is 0 Å². The summed E-state index contributed by atoms with van der Waals surface area (Å²) in [4.78, 5) is 14.1. The fraction of sp³-hybridized carbons (Fsp3) is 0.923. The average Bonchev–Trinajstić information content (AvgIpc) is 2.90. The highest BCUT2D eigenvalue weighted by Crippen LogP contribution is 2.14. The molecule has 0 radical (unpaired) electrons. The smallest absolute Gasteiger partial charge is 0.224 e. The molecular weight excluding hydrogens is 232 g/mol. The number of morpholine rings is 1. The first-order valence-electron chi connectivity index (χ1n) is 7.00. The van der Waals surface area contributed by atoms with Crippen molar-refractivity contribution in [3.05, 3.63) is 0 Å². The predicted molar refractivity (Wildman–Crippen MR) is 68.5 cm³/mol. The van der Waals surface area contributed by atoms with Gasteiger partial charge < -0.3 is 19.7 Å². The first-order valence-corrected chi connectivity index (χ1v) is 7.00. The number of hydrogen-bond donors (Lipinski definition) is 1. The Balaban J connectivity index is 1.76. The summed E-state index contributed by atoms with van der Waals surface area (Å²) in [6.07, 6.45) is 2.97. The largest absolute Gasteiger partial charge is 0.378 e. The zero-order valence-electron chi connectivity index (χ0n) is 11.2. The highest BCUT2D eigenvalue weighted by Gasteiger charge is 2.24. The molecule has 2 atom stereocenters. The molecule has 2 fully saturated rings. The van der Waals surface area contributed by atoms with Crippen molar-refractivity contribution in [3.63, 3.8) is 0 Å². The molecule has 0 bridgehead atoms. The summed E-state index contributed by atoms with van der Waals surface area (Å²) in [6, 6.07) is 0.171. The molecule has 2 saturated heterocycles. The van der Waals surface area contributed by atoms with E-state index in [9.17, 15) is 4.79 Å². The third-order valence-corrected chi connectivity index (χ3v) is 3.60. The van der Waals surface area contributed by atoms with Crippen molar-refractivity contribution in [1.82, 2.24) is 10.2 Å². The molecule has 0 aliphatic carbocycles. The quantitative estimate of drug-likeness (QED) is 0.773. The van der Waals surface area contributed by atoms with Gasteiger partial charge in [-0.05, 0) is 19.8 Å². The van der Waals surface area contributed by atoms with Crippen LogP contribution in [0.25, 0.3) is 0 Å². The second kappa shape index (κ2) is 7.07. The van der Waals surface area contributed by atoms with Crippen molar-refractivity contribution < 1.29 is 14.3 Å². The Bertz CT molecular complexity index is 261. The van der Waals surface area contributed by atoms with Crippen LogP contribution in [0.5, 0.6) is 0 Å². The van der Waals surface area contributed by atoms with Crippen molar-refractivity contribution in [1.29, 1.82) is 0 Å². The van der Waals surface area contributed by atoms with E-state index in [1.165, 1.54) is 0 Å². The Morgan fingerprint density at radius 1 is 1.44 bits per heavy atom. The molecule has 1 amide bonds. The van der Waals surface area contributed by atoms with Gasteiger partial charge in [0, 0.05) is 38.7 Å². The summed E-state index contributed by atoms with van der Waals surface area (Å²) in [6.45, 7) is 6.60. The summed E-state index contributed by atoms with van der Waals surface area (Å²) >= 11 is 0. The minimum Gasteiger partial charge on any atom is -0.378 e. The van der Waals surface area contributed by atoms with Crippen LogP contribution in [0, 0.1) is 0 Å². The fourth-order valence-electron chi connectivity index (χ4n) is 2.53. The molecule has 5 nitrogen and oxygen atoms in total. The molecule has 5 heteroatoms. The Morgan fingerprint density at radius 3 is 2.94 bits per heavy atom. The van der Waals surface area contributed by atoms with Crippen LogP contribution in [0.3, 0.4) is 0 Å². The summed E-state index contributed by atoms with van der Waals surface area (Å²) in [5.41, 5.74) is 0. The zero-order chi connectivity index (χ0) is 12.8. The average molecular weight is 256 g/mol. The number of nitrogens with zero attached hydrogens (tertiary/aromatic N) is 1. The number of carbonyl (C=O) groups is 1. The Hall–Kier alpha value is -0.650. The normalized spacial score (nSPS) is 28.3. The predicted octanol–water partition coefficient (Wildman–Crippen LogP) is 0.392. The van der Waals surface area contributed by atoms with Gasteiger partial charge in [0.15, 0.2) is 0 Å². The Morgan fingerprint density at radius 2 is 2.33 bits per heavy atom. The van der Waals surface area contributed by atoms with E-state index in [2.05, 4.69) is 5.32 Å². The van der Waals surface area contributed by atoms with Crippen LogP contribution in [0.1, 0.15) is 26.2 Å². The zero-order valence-corrected chi connectivity index (χ0v) is 11.2. The monoisotopic (exact) mass is 256 g/mol. The van der Waals surface area contributed by atoms with Crippen molar-refractivity contribution in [3.8, 4) is 0 Å². The molecule has 0 aromatic carbocycles. The van der Waals surface area contributed by atoms with E-state index in [1.807, 2.05) is 11.8 Å². The van der Waals surface area contributed by atoms with E-state index in [0.717, 1.165) is 45.7 Å². The van der Waals surface area contributed by atoms with Gasteiger partial charge >= 0.3 is 0 Å². The van der Waals surface area contributed by atoms with Gasteiger partial charge in [-0.1, -0.05) is 0 Å².